The fraction of sp³-hybridized carbons (Fsp3) is 0.400. The van der Waals surface area contributed by atoms with Crippen molar-refractivity contribution in [2.24, 2.45) is 0 Å². The second-order valence-electron chi connectivity index (χ2n) is 6.57. The number of rotatable bonds is 6. The van der Waals surface area contributed by atoms with Gasteiger partial charge in [0.15, 0.2) is 0 Å². The zero-order valence-corrected chi connectivity index (χ0v) is 14.8. The van der Waals surface area contributed by atoms with E-state index in [1.54, 1.807) is 12.3 Å². The molecule has 0 atom stereocenters. The normalized spacial score (nSPS) is 15.9. The molecular weight excluding hydrogens is 312 g/mol. The summed E-state index contributed by atoms with van der Waals surface area (Å²) in [5, 5.41) is 0. The smallest absolute Gasteiger partial charge is 0.272 e. The van der Waals surface area contributed by atoms with Gasteiger partial charge >= 0.3 is 0 Å². The highest BCUT2D eigenvalue weighted by Gasteiger charge is 2.20. The Bertz CT molecular complexity index is 654. The van der Waals surface area contributed by atoms with Gasteiger partial charge in [-0.1, -0.05) is 36.4 Å². The minimum atomic E-state index is -0.00131. The van der Waals surface area contributed by atoms with E-state index >= 15 is 0 Å². The highest BCUT2D eigenvalue weighted by Crippen LogP contribution is 2.09. The molecule has 5 heteroatoms. The molecule has 1 amide bonds. The third-order valence-electron chi connectivity index (χ3n) is 4.67. The predicted octanol–water partition coefficient (Wildman–Crippen LogP) is 1.97. The standard InChI is InChI=1S/C20H26N4O/c1-22-11-13-23(14-12-22)15-16-24(17-18-7-3-2-4-8-18)20(25)19-9-5-6-10-21-19/h2-10H,11-17H2,1H3. The average Bonchev–Trinajstić information content (AvgIpc) is 2.67. The van der Waals surface area contributed by atoms with Crippen LogP contribution in [0.2, 0.25) is 0 Å². The number of nitrogens with zero attached hydrogens (tertiary/aromatic N) is 4. The van der Waals surface area contributed by atoms with Crippen LogP contribution in [0.5, 0.6) is 0 Å². The first kappa shape index (κ1) is 17.6. The SMILES string of the molecule is CN1CCN(CCN(Cc2ccccc2)C(=O)c2ccccn2)CC1. The Hall–Kier alpha value is -2.24. The van der Waals surface area contributed by atoms with Crippen LogP contribution in [0.4, 0.5) is 0 Å². The van der Waals surface area contributed by atoms with Crippen LogP contribution < -0.4 is 0 Å². The Morgan fingerprint density at radius 1 is 1.04 bits per heavy atom. The monoisotopic (exact) mass is 338 g/mol. The summed E-state index contributed by atoms with van der Waals surface area (Å²) >= 11 is 0. The topological polar surface area (TPSA) is 39.7 Å². The van der Waals surface area contributed by atoms with Gasteiger partial charge in [-0.05, 0) is 24.7 Å². The molecule has 0 radical (unpaired) electrons. The maximum Gasteiger partial charge on any atom is 0.272 e. The van der Waals surface area contributed by atoms with Gasteiger partial charge in [-0.2, -0.15) is 0 Å². The molecule has 0 spiro atoms. The summed E-state index contributed by atoms with van der Waals surface area (Å²) < 4.78 is 0. The molecule has 5 nitrogen and oxygen atoms in total. The van der Waals surface area contributed by atoms with Gasteiger partial charge in [0.2, 0.25) is 0 Å². The quantitative estimate of drug-likeness (QED) is 0.807. The van der Waals surface area contributed by atoms with Gasteiger partial charge in [-0.25, -0.2) is 0 Å². The van der Waals surface area contributed by atoms with Crippen molar-refractivity contribution >= 4 is 5.91 Å². The molecule has 1 fully saturated rings. The first-order valence-corrected chi connectivity index (χ1v) is 8.87. The zero-order chi connectivity index (χ0) is 17.5. The van der Waals surface area contributed by atoms with Crippen molar-refractivity contribution in [1.29, 1.82) is 0 Å². The van der Waals surface area contributed by atoms with Crippen molar-refractivity contribution in [3.8, 4) is 0 Å². The minimum absolute atomic E-state index is 0.00131. The first-order valence-electron chi connectivity index (χ1n) is 8.87. The molecular formula is C20H26N4O. The Labute approximate surface area is 149 Å². The van der Waals surface area contributed by atoms with Crippen LogP contribution in [-0.4, -0.2) is 71.9 Å². The highest BCUT2D eigenvalue weighted by atomic mass is 16.2. The molecule has 1 aromatic carbocycles. The number of amides is 1. The number of hydrogen-bond acceptors (Lipinski definition) is 4. The lowest BCUT2D eigenvalue weighted by atomic mass is 10.2. The first-order chi connectivity index (χ1) is 12.2. The van der Waals surface area contributed by atoms with Crippen molar-refractivity contribution in [2.45, 2.75) is 6.54 Å². The molecule has 3 rings (SSSR count). The van der Waals surface area contributed by atoms with Gasteiger partial charge in [0.25, 0.3) is 5.91 Å². The van der Waals surface area contributed by atoms with E-state index in [9.17, 15) is 4.79 Å². The lowest BCUT2D eigenvalue weighted by Gasteiger charge is -2.34. The van der Waals surface area contributed by atoms with Crippen LogP contribution in [0.3, 0.4) is 0 Å². The molecule has 0 saturated carbocycles. The Balaban J connectivity index is 1.66. The number of carbonyl (C=O) groups is 1. The number of pyridine rings is 1. The van der Waals surface area contributed by atoms with E-state index in [4.69, 9.17) is 0 Å². The van der Waals surface area contributed by atoms with Crippen molar-refractivity contribution in [2.75, 3.05) is 46.3 Å². The summed E-state index contributed by atoms with van der Waals surface area (Å²) in [6, 6.07) is 15.6. The average molecular weight is 338 g/mol. The van der Waals surface area contributed by atoms with E-state index < -0.39 is 0 Å². The second-order valence-corrected chi connectivity index (χ2v) is 6.57. The third-order valence-corrected chi connectivity index (χ3v) is 4.67. The number of benzene rings is 1. The van der Waals surface area contributed by atoms with Crippen LogP contribution in [0.15, 0.2) is 54.7 Å². The number of aromatic nitrogens is 1. The van der Waals surface area contributed by atoms with E-state index in [0.717, 1.165) is 38.3 Å². The molecule has 132 valence electrons. The van der Waals surface area contributed by atoms with Crippen molar-refractivity contribution in [1.82, 2.24) is 19.7 Å². The number of carbonyl (C=O) groups excluding carboxylic acids is 1. The number of likely N-dealkylation sites (N-methyl/N-ethyl adjacent to an activating group) is 1. The maximum atomic E-state index is 12.9. The van der Waals surface area contributed by atoms with Crippen molar-refractivity contribution in [3.63, 3.8) is 0 Å². The maximum absolute atomic E-state index is 12.9. The number of piperazine rings is 1. The molecule has 25 heavy (non-hydrogen) atoms. The van der Waals surface area contributed by atoms with Gasteiger partial charge in [-0.3, -0.25) is 14.7 Å². The molecule has 0 N–H and O–H groups in total. The van der Waals surface area contributed by atoms with Gasteiger partial charge < -0.3 is 9.80 Å². The molecule has 0 aliphatic carbocycles. The molecule has 2 aromatic rings. The van der Waals surface area contributed by atoms with Crippen molar-refractivity contribution in [3.05, 3.63) is 66.0 Å². The largest absolute Gasteiger partial charge is 0.332 e. The molecule has 1 aliphatic rings. The molecule has 0 unspecified atom stereocenters. The Morgan fingerprint density at radius 2 is 1.76 bits per heavy atom. The Morgan fingerprint density at radius 3 is 2.44 bits per heavy atom. The summed E-state index contributed by atoms with van der Waals surface area (Å²) in [4.78, 5) is 23.8. The van der Waals surface area contributed by atoms with Gasteiger partial charge in [0.1, 0.15) is 5.69 Å². The minimum Gasteiger partial charge on any atom is -0.332 e. The fourth-order valence-electron chi connectivity index (χ4n) is 3.04. The molecule has 2 heterocycles. The fourth-order valence-corrected chi connectivity index (χ4v) is 3.04. The Kier molecular flexibility index (Phi) is 6.14. The summed E-state index contributed by atoms with van der Waals surface area (Å²) in [6.07, 6.45) is 1.68. The van der Waals surface area contributed by atoms with E-state index in [0.29, 0.717) is 18.8 Å². The van der Waals surface area contributed by atoms with E-state index in [1.165, 1.54) is 0 Å². The van der Waals surface area contributed by atoms with Crippen LogP contribution in [0.1, 0.15) is 16.1 Å². The van der Waals surface area contributed by atoms with Crippen LogP contribution in [0, 0.1) is 0 Å². The highest BCUT2D eigenvalue weighted by molar-refractivity contribution is 5.92. The molecule has 1 aromatic heterocycles. The zero-order valence-electron chi connectivity index (χ0n) is 14.8. The predicted molar refractivity (Wildman–Crippen MR) is 99.4 cm³/mol. The van der Waals surface area contributed by atoms with Crippen molar-refractivity contribution < 1.29 is 4.79 Å². The molecule has 1 aliphatic heterocycles. The van der Waals surface area contributed by atoms with E-state index in [1.807, 2.05) is 35.2 Å². The lowest BCUT2D eigenvalue weighted by molar-refractivity contribution is 0.0695. The summed E-state index contributed by atoms with van der Waals surface area (Å²) in [5.41, 5.74) is 1.65. The second kappa shape index (κ2) is 8.74. The van der Waals surface area contributed by atoms with Crippen LogP contribution in [-0.2, 0) is 6.54 Å². The van der Waals surface area contributed by atoms with Gasteiger partial charge in [-0.15, -0.1) is 0 Å². The summed E-state index contributed by atoms with van der Waals surface area (Å²) in [6.45, 7) is 6.54. The summed E-state index contributed by atoms with van der Waals surface area (Å²) in [5.74, 6) is -0.00131. The summed E-state index contributed by atoms with van der Waals surface area (Å²) in [7, 11) is 2.16. The number of hydrogen-bond donors (Lipinski definition) is 0. The van der Waals surface area contributed by atoms with E-state index in [-0.39, 0.29) is 5.91 Å². The lowest BCUT2D eigenvalue weighted by Crippen LogP contribution is -2.47. The van der Waals surface area contributed by atoms with Gasteiger partial charge in [0.05, 0.1) is 0 Å². The molecule has 1 saturated heterocycles. The molecule has 0 bridgehead atoms. The van der Waals surface area contributed by atoms with E-state index in [2.05, 4.69) is 34.0 Å². The van der Waals surface area contributed by atoms with Crippen LogP contribution in [0.25, 0.3) is 0 Å². The van der Waals surface area contributed by atoms with Crippen LogP contribution >= 0.6 is 0 Å². The third kappa shape index (κ3) is 5.11. The van der Waals surface area contributed by atoms with Gasteiger partial charge in [0, 0.05) is 52.0 Å².